The highest BCUT2D eigenvalue weighted by molar-refractivity contribution is 7.77. The summed E-state index contributed by atoms with van der Waals surface area (Å²) in [6.07, 6.45) is 1.69. The molecule has 1 aliphatic rings. The van der Waals surface area contributed by atoms with E-state index in [0.29, 0.717) is 11.4 Å². The van der Waals surface area contributed by atoms with Crippen molar-refractivity contribution in [2.45, 2.75) is 0 Å². The molecular formula is C15H14N4OS. The number of anilines is 1. The molecule has 2 N–H and O–H groups in total. The number of carbonyl (C=O) groups is 1. The highest BCUT2D eigenvalue weighted by Crippen LogP contribution is 2.20. The van der Waals surface area contributed by atoms with Gasteiger partial charge in [0.25, 0.3) is 5.91 Å². The molecule has 1 aliphatic heterocycles. The van der Waals surface area contributed by atoms with Gasteiger partial charge in [0.15, 0.2) is 0 Å². The molecule has 2 aromatic carbocycles. The Bertz CT molecular complexity index is 660. The van der Waals surface area contributed by atoms with Crippen molar-refractivity contribution < 1.29 is 4.79 Å². The van der Waals surface area contributed by atoms with Crippen molar-refractivity contribution in [2.75, 3.05) is 5.01 Å². The molecule has 0 bridgehead atoms. The first-order valence-electron chi connectivity index (χ1n) is 6.42. The minimum absolute atomic E-state index is 0.173. The molecular weight excluding hydrogens is 284 g/mol. The Morgan fingerprint density at radius 1 is 1.00 bits per heavy atom. The molecule has 3 rings (SSSR count). The maximum atomic E-state index is 12.2. The number of nitrogens with zero attached hydrogens (tertiary/aromatic N) is 2. The molecule has 0 spiro atoms. The number of hydrogen-bond donors (Lipinski definition) is 3. The first kappa shape index (κ1) is 13.5. The molecule has 21 heavy (non-hydrogen) atoms. The molecule has 0 saturated heterocycles. The van der Waals surface area contributed by atoms with E-state index in [1.165, 1.54) is 4.41 Å². The highest BCUT2D eigenvalue weighted by atomic mass is 32.1. The third-order valence-corrected chi connectivity index (χ3v) is 3.18. The number of carbonyl (C=O) groups excluding carboxylic acids is 1. The van der Waals surface area contributed by atoms with Gasteiger partial charge in [0.2, 0.25) is 0 Å². The first-order valence-corrected chi connectivity index (χ1v) is 6.82. The SMILES string of the molecule is O=C(NC1=CN(S)NN1c1ccccc1)c1ccccc1. The molecule has 0 aliphatic carbocycles. The summed E-state index contributed by atoms with van der Waals surface area (Å²) in [7, 11) is 0. The predicted molar refractivity (Wildman–Crippen MR) is 84.9 cm³/mol. The normalized spacial score (nSPS) is 14.0. The summed E-state index contributed by atoms with van der Waals surface area (Å²) >= 11 is 4.22. The van der Waals surface area contributed by atoms with E-state index < -0.39 is 0 Å². The topological polar surface area (TPSA) is 47.6 Å². The van der Waals surface area contributed by atoms with Gasteiger partial charge in [0, 0.05) is 5.56 Å². The third-order valence-electron chi connectivity index (χ3n) is 2.98. The average Bonchev–Trinajstić information content (AvgIpc) is 2.89. The number of nitrogens with one attached hydrogen (secondary N) is 2. The molecule has 5 nitrogen and oxygen atoms in total. The quantitative estimate of drug-likeness (QED) is 0.761. The Hall–Kier alpha value is -2.44. The van der Waals surface area contributed by atoms with Crippen LogP contribution in [0, 0.1) is 0 Å². The number of rotatable bonds is 3. The van der Waals surface area contributed by atoms with Gasteiger partial charge in [-0.1, -0.05) is 36.4 Å². The van der Waals surface area contributed by atoms with Gasteiger partial charge >= 0.3 is 0 Å². The van der Waals surface area contributed by atoms with E-state index in [1.54, 1.807) is 23.3 Å². The molecule has 0 fully saturated rings. The molecule has 0 radical (unpaired) electrons. The molecule has 0 saturated carbocycles. The number of benzene rings is 2. The average molecular weight is 298 g/mol. The molecule has 106 valence electrons. The van der Waals surface area contributed by atoms with Gasteiger partial charge in [0.05, 0.1) is 11.9 Å². The molecule has 2 aromatic rings. The van der Waals surface area contributed by atoms with Crippen LogP contribution >= 0.6 is 12.8 Å². The van der Waals surface area contributed by atoms with Gasteiger partial charge in [0.1, 0.15) is 5.82 Å². The predicted octanol–water partition coefficient (Wildman–Crippen LogP) is 2.30. The van der Waals surface area contributed by atoms with Crippen LogP contribution in [0.15, 0.2) is 72.7 Å². The summed E-state index contributed by atoms with van der Waals surface area (Å²) < 4.78 is 1.48. The van der Waals surface area contributed by atoms with Crippen molar-refractivity contribution in [2.24, 2.45) is 0 Å². The monoisotopic (exact) mass is 298 g/mol. The molecule has 0 aromatic heterocycles. The largest absolute Gasteiger partial charge is 0.306 e. The molecule has 0 atom stereocenters. The van der Waals surface area contributed by atoms with E-state index in [0.717, 1.165) is 5.69 Å². The molecule has 0 unspecified atom stereocenters. The molecule has 1 heterocycles. The van der Waals surface area contributed by atoms with Crippen molar-refractivity contribution in [3.63, 3.8) is 0 Å². The van der Waals surface area contributed by atoms with E-state index in [9.17, 15) is 4.79 Å². The van der Waals surface area contributed by atoms with E-state index >= 15 is 0 Å². The van der Waals surface area contributed by atoms with Gasteiger partial charge in [-0.2, -0.15) is 0 Å². The van der Waals surface area contributed by atoms with E-state index in [-0.39, 0.29) is 5.91 Å². The van der Waals surface area contributed by atoms with E-state index in [1.807, 2.05) is 48.5 Å². The third kappa shape index (κ3) is 3.01. The second-order valence-electron chi connectivity index (χ2n) is 4.45. The van der Waals surface area contributed by atoms with Crippen LogP contribution in [0.2, 0.25) is 0 Å². The van der Waals surface area contributed by atoms with Gasteiger partial charge in [-0.25, -0.2) is 9.42 Å². The van der Waals surface area contributed by atoms with Crippen molar-refractivity contribution in [1.82, 2.24) is 15.3 Å². The maximum absolute atomic E-state index is 12.2. The Balaban J connectivity index is 1.80. The lowest BCUT2D eigenvalue weighted by Gasteiger charge is -2.22. The van der Waals surface area contributed by atoms with Crippen molar-refractivity contribution in [1.29, 1.82) is 0 Å². The maximum Gasteiger partial charge on any atom is 0.256 e. The Labute approximate surface area is 128 Å². The van der Waals surface area contributed by atoms with Gasteiger partial charge in [-0.05, 0) is 37.1 Å². The van der Waals surface area contributed by atoms with Crippen LogP contribution in [-0.2, 0) is 0 Å². The van der Waals surface area contributed by atoms with E-state index in [4.69, 9.17) is 0 Å². The lowest BCUT2D eigenvalue weighted by molar-refractivity contribution is 0.0965. The Morgan fingerprint density at radius 3 is 2.29 bits per heavy atom. The van der Waals surface area contributed by atoms with Crippen molar-refractivity contribution in [3.8, 4) is 0 Å². The number of hydrazine groups is 2. The summed E-state index contributed by atoms with van der Waals surface area (Å²) in [6.45, 7) is 0. The van der Waals surface area contributed by atoms with Gasteiger partial charge in [-0.3, -0.25) is 4.79 Å². The summed E-state index contributed by atoms with van der Waals surface area (Å²) in [5.41, 5.74) is 4.50. The zero-order chi connectivity index (χ0) is 14.7. The lowest BCUT2D eigenvalue weighted by Crippen LogP contribution is -2.41. The Kier molecular flexibility index (Phi) is 3.81. The summed E-state index contributed by atoms with van der Waals surface area (Å²) in [5, 5.41) is 4.61. The fraction of sp³-hybridized carbons (Fsp3) is 0. The van der Waals surface area contributed by atoms with Crippen molar-refractivity contribution in [3.05, 3.63) is 78.2 Å². The van der Waals surface area contributed by atoms with E-state index in [2.05, 4.69) is 23.7 Å². The number of thiol groups is 1. The zero-order valence-corrected chi connectivity index (χ0v) is 12.0. The highest BCUT2D eigenvalue weighted by Gasteiger charge is 2.22. The van der Waals surface area contributed by atoms with Crippen LogP contribution in [0.1, 0.15) is 10.4 Å². The summed E-state index contributed by atoms with van der Waals surface area (Å²) in [5.74, 6) is 0.429. The fourth-order valence-corrected chi connectivity index (χ4v) is 2.20. The second-order valence-corrected chi connectivity index (χ2v) is 4.88. The van der Waals surface area contributed by atoms with Crippen LogP contribution in [0.4, 0.5) is 5.69 Å². The van der Waals surface area contributed by atoms with Crippen LogP contribution < -0.4 is 15.9 Å². The number of amides is 1. The number of para-hydroxylation sites is 1. The first-order chi connectivity index (χ1) is 10.2. The van der Waals surface area contributed by atoms with Crippen LogP contribution in [-0.4, -0.2) is 10.3 Å². The van der Waals surface area contributed by atoms with Crippen LogP contribution in [0.3, 0.4) is 0 Å². The smallest absolute Gasteiger partial charge is 0.256 e. The summed E-state index contributed by atoms with van der Waals surface area (Å²) in [4.78, 5) is 12.2. The standard InChI is InChI=1S/C15H14N4OS/c20-15(12-7-3-1-4-8-12)16-14-11-18(21)17-19(14)13-9-5-2-6-10-13/h1-11,17,21H,(H,16,20). The molecule has 6 heteroatoms. The lowest BCUT2D eigenvalue weighted by atomic mass is 10.2. The van der Waals surface area contributed by atoms with Gasteiger partial charge in [-0.15, -0.1) is 5.53 Å². The van der Waals surface area contributed by atoms with Crippen LogP contribution in [0.25, 0.3) is 0 Å². The summed E-state index contributed by atoms with van der Waals surface area (Å²) in [6, 6.07) is 18.7. The Morgan fingerprint density at radius 2 is 1.62 bits per heavy atom. The van der Waals surface area contributed by atoms with Crippen LogP contribution in [0.5, 0.6) is 0 Å². The van der Waals surface area contributed by atoms with Crippen molar-refractivity contribution >= 4 is 24.4 Å². The minimum atomic E-state index is -0.173. The fourth-order valence-electron chi connectivity index (χ4n) is 2.00. The zero-order valence-electron chi connectivity index (χ0n) is 11.1. The minimum Gasteiger partial charge on any atom is -0.306 e. The van der Waals surface area contributed by atoms with Gasteiger partial charge < -0.3 is 5.32 Å². The second kappa shape index (κ2) is 5.90. The number of hydrogen-bond acceptors (Lipinski definition) is 5. The molecule has 1 amide bonds.